The Labute approximate surface area is 112 Å². The number of nitrogens with zero attached hydrogens (tertiary/aromatic N) is 1. The highest BCUT2D eigenvalue weighted by Gasteiger charge is 2.09. The second-order valence-electron chi connectivity index (χ2n) is 4.75. The first-order chi connectivity index (χ1) is 9.24. The first-order valence-corrected chi connectivity index (χ1v) is 6.39. The molecule has 0 aliphatic heterocycles. The lowest BCUT2D eigenvalue weighted by molar-refractivity contribution is 0.562. The van der Waals surface area contributed by atoms with E-state index in [1.807, 2.05) is 25.1 Å². The molecule has 19 heavy (non-hydrogen) atoms. The number of para-hydroxylation sites is 1. The molecule has 3 aromatic rings. The molecule has 0 amide bonds. The van der Waals surface area contributed by atoms with Crippen molar-refractivity contribution in [2.24, 2.45) is 0 Å². The quantitative estimate of drug-likeness (QED) is 0.754. The Kier molecular flexibility index (Phi) is 2.95. The highest BCUT2D eigenvalue weighted by molar-refractivity contribution is 5.90. The molecule has 96 valence electrons. The smallest absolute Gasteiger partial charge is 0.0955 e. The molecule has 3 rings (SSSR count). The van der Waals surface area contributed by atoms with Crippen molar-refractivity contribution in [3.05, 3.63) is 60.2 Å². The zero-order chi connectivity index (χ0) is 13.2. The number of benzene rings is 1. The molecule has 0 saturated heterocycles. The topological polar surface area (TPSA) is 38.1 Å². The van der Waals surface area contributed by atoms with Crippen molar-refractivity contribution in [3.63, 3.8) is 0 Å². The minimum Gasteiger partial charge on any atom is -0.472 e. The van der Waals surface area contributed by atoms with E-state index in [4.69, 9.17) is 4.42 Å². The van der Waals surface area contributed by atoms with Gasteiger partial charge in [0, 0.05) is 16.6 Å². The van der Waals surface area contributed by atoms with Gasteiger partial charge in [0.1, 0.15) is 0 Å². The van der Waals surface area contributed by atoms with Gasteiger partial charge in [0.15, 0.2) is 0 Å². The third-order valence-corrected chi connectivity index (χ3v) is 3.27. The number of nitrogens with one attached hydrogen (secondary N) is 1. The lowest BCUT2D eigenvalue weighted by Gasteiger charge is -2.15. The van der Waals surface area contributed by atoms with Crippen molar-refractivity contribution in [1.29, 1.82) is 0 Å². The van der Waals surface area contributed by atoms with Gasteiger partial charge in [-0.2, -0.15) is 0 Å². The Morgan fingerprint density at radius 2 is 2.05 bits per heavy atom. The molecule has 2 aromatic heterocycles. The van der Waals surface area contributed by atoms with Crippen LogP contribution in [-0.4, -0.2) is 4.98 Å². The van der Waals surface area contributed by atoms with Crippen molar-refractivity contribution < 1.29 is 4.42 Å². The number of aromatic nitrogens is 1. The fourth-order valence-electron chi connectivity index (χ4n) is 2.20. The Hall–Kier alpha value is -2.29. The van der Waals surface area contributed by atoms with Crippen LogP contribution in [0.2, 0.25) is 0 Å². The molecule has 1 N–H and O–H groups in total. The third kappa shape index (κ3) is 2.32. The van der Waals surface area contributed by atoms with E-state index < -0.39 is 0 Å². The first kappa shape index (κ1) is 11.8. The largest absolute Gasteiger partial charge is 0.472 e. The molecule has 1 atom stereocenters. The van der Waals surface area contributed by atoms with Gasteiger partial charge in [-0.25, -0.2) is 0 Å². The molecule has 0 aliphatic carbocycles. The predicted octanol–water partition coefficient (Wildman–Crippen LogP) is 4.31. The highest BCUT2D eigenvalue weighted by Crippen LogP contribution is 2.26. The Morgan fingerprint density at radius 3 is 2.84 bits per heavy atom. The summed E-state index contributed by atoms with van der Waals surface area (Å²) in [6.07, 6.45) is 3.46. The Balaban J connectivity index is 1.98. The zero-order valence-corrected chi connectivity index (χ0v) is 11.1. The van der Waals surface area contributed by atoms with Gasteiger partial charge in [-0.3, -0.25) is 4.98 Å². The summed E-state index contributed by atoms with van der Waals surface area (Å²) in [5.74, 6) is 0. The number of rotatable bonds is 3. The van der Waals surface area contributed by atoms with Crippen LogP contribution in [-0.2, 0) is 0 Å². The molecule has 0 saturated carbocycles. The molecule has 1 aromatic carbocycles. The maximum absolute atomic E-state index is 5.12. The molecule has 1 unspecified atom stereocenters. The van der Waals surface area contributed by atoms with Gasteiger partial charge in [0.2, 0.25) is 0 Å². The number of hydrogen-bond acceptors (Lipinski definition) is 3. The highest BCUT2D eigenvalue weighted by atomic mass is 16.3. The van der Waals surface area contributed by atoms with Gasteiger partial charge in [0.05, 0.1) is 29.8 Å². The van der Waals surface area contributed by atoms with Crippen molar-refractivity contribution in [2.45, 2.75) is 19.9 Å². The molecule has 0 fully saturated rings. The van der Waals surface area contributed by atoms with Crippen LogP contribution in [0.25, 0.3) is 10.9 Å². The van der Waals surface area contributed by atoms with E-state index >= 15 is 0 Å². The first-order valence-electron chi connectivity index (χ1n) is 6.39. The van der Waals surface area contributed by atoms with Crippen LogP contribution in [0.15, 0.2) is 53.3 Å². The average molecular weight is 252 g/mol. The SMILES string of the molecule is Cc1ccc2cccc(NC(C)c3ccoc3)c2n1. The molecule has 3 heteroatoms. The van der Waals surface area contributed by atoms with Crippen molar-refractivity contribution >= 4 is 16.6 Å². The normalized spacial score (nSPS) is 12.5. The van der Waals surface area contributed by atoms with Crippen LogP contribution in [0, 0.1) is 6.92 Å². The predicted molar refractivity (Wildman–Crippen MR) is 77.2 cm³/mol. The van der Waals surface area contributed by atoms with E-state index in [0.717, 1.165) is 27.8 Å². The molecular formula is C16H16N2O. The Morgan fingerprint density at radius 1 is 1.16 bits per heavy atom. The van der Waals surface area contributed by atoms with E-state index in [-0.39, 0.29) is 6.04 Å². The van der Waals surface area contributed by atoms with Gasteiger partial charge in [-0.05, 0) is 32.0 Å². The zero-order valence-electron chi connectivity index (χ0n) is 11.1. The molecule has 0 radical (unpaired) electrons. The van der Waals surface area contributed by atoms with E-state index in [2.05, 4.69) is 35.4 Å². The second-order valence-corrected chi connectivity index (χ2v) is 4.75. The second kappa shape index (κ2) is 4.76. The van der Waals surface area contributed by atoms with Crippen LogP contribution in [0.5, 0.6) is 0 Å². The van der Waals surface area contributed by atoms with Crippen LogP contribution < -0.4 is 5.32 Å². The van der Waals surface area contributed by atoms with Crippen LogP contribution in [0.3, 0.4) is 0 Å². The molecule has 3 nitrogen and oxygen atoms in total. The molecule has 0 aliphatic rings. The van der Waals surface area contributed by atoms with Gasteiger partial charge in [0.25, 0.3) is 0 Å². The summed E-state index contributed by atoms with van der Waals surface area (Å²) in [5, 5.41) is 4.64. The van der Waals surface area contributed by atoms with Crippen molar-refractivity contribution in [2.75, 3.05) is 5.32 Å². The summed E-state index contributed by atoms with van der Waals surface area (Å²) in [5.41, 5.74) is 4.22. The van der Waals surface area contributed by atoms with E-state index in [1.165, 1.54) is 0 Å². The fourth-order valence-corrected chi connectivity index (χ4v) is 2.20. The maximum Gasteiger partial charge on any atom is 0.0955 e. The summed E-state index contributed by atoms with van der Waals surface area (Å²) in [4.78, 5) is 4.62. The van der Waals surface area contributed by atoms with E-state index in [9.17, 15) is 0 Å². The van der Waals surface area contributed by atoms with E-state index in [1.54, 1.807) is 12.5 Å². The minimum atomic E-state index is 0.187. The van der Waals surface area contributed by atoms with Crippen LogP contribution in [0.1, 0.15) is 24.2 Å². The lowest BCUT2D eigenvalue weighted by Crippen LogP contribution is -2.06. The number of hydrogen-bond donors (Lipinski definition) is 1. The van der Waals surface area contributed by atoms with Crippen LogP contribution >= 0.6 is 0 Å². The van der Waals surface area contributed by atoms with Crippen LogP contribution in [0.4, 0.5) is 5.69 Å². The lowest BCUT2D eigenvalue weighted by atomic mass is 10.1. The maximum atomic E-state index is 5.12. The van der Waals surface area contributed by atoms with Gasteiger partial charge in [-0.15, -0.1) is 0 Å². The molecule has 2 heterocycles. The van der Waals surface area contributed by atoms with Gasteiger partial charge >= 0.3 is 0 Å². The van der Waals surface area contributed by atoms with Crippen molar-refractivity contribution in [3.8, 4) is 0 Å². The number of anilines is 1. The number of aryl methyl sites for hydroxylation is 1. The summed E-state index contributed by atoms with van der Waals surface area (Å²) in [6, 6.07) is 12.5. The van der Waals surface area contributed by atoms with Gasteiger partial charge < -0.3 is 9.73 Å². The Bertz CT molecular complexity index is 689. The average Bonchev–Trinajstić information content (AvgIpc) is 2.93. The summed E-state index contributed by atoms with van der Waals surface area (Å²) < 4.78 is 5.12. The molecule has 0 bridgehead atoms. The third-order valence-electron chi connectivity index (χ3n) is 3.27. The monoisotopic (exact) mass is 252 g/mol. The number of fused-ring (bicyclic) bond motifs is 1. The summed E-state index contributed by atoms with van der Waals surface area (Å²) >= 11 is 0. The molecular weight excluding hydrogens is 236 g/mol. The standard InChI is InChI=1S/C16H16N2O/c1-11-6-7-13-4-3-5-15(16(13)17-11)18-12(2)14-8-9-19-10-14/h3-10,12,18H,1-2H3. The minimum absolute atomic E-state index is 0.187. The summed E-state index contributed by atoms with van der Waals surface area (Å²) in [6.45, 7) is 4.12. The van der Waals surface area contributed by atoms with Crippen molar-refractivity contribution in [1.82, 2.24) is 4.98 Å². The number of furan rings is 1. The van der Waals surface area contributed by atoms with Gasteiger partial charge in [-0.1, -0.05) is 18.2 Å². The van der Waals surface area contributed by atoms with E-state index in [0.29, 0.717) is 0 Å². The molecule has 0 spiro atoms. The summed E-state index contributed by atoms with van der Waals surface area (Å²) in [7, 11) is 0. The number of pyridine rings is 1. The fraction of sp³-hybridized carbons (Fsp3) is 0.188.